The molecule has 0 unspecified atom stereocenters. The maximum absolute atomic E-state index is 12.3. The molecule has 0 bridgehead atoms. The van der Waals surface area contributed by atoms with Crippen LogP contribution in [0.15, 0.2) is 44.5 Å². The number of halogens is 1. The molecule has 23 heavy (non-hydrogen) atoms. The molecule has 2 rings (SSSR count). The first kappa shape index (κ1) is 18.1. The molecule has 1 amide bonds. The number of carbonyl (C=O) groups is 1. The lowest BCUT2D eigenvalue weighted by atomic mass is 10.4. The van der Waals surface area contributed by atoms with E-state index in [0.29, 0.717) is 9.24 Å². The molecule has 1 aromatic heterocycles. The molecule has 0 radical (unpaired) electrons. The summed E-state index contributed by atoms with van der Waals surface area (Å²) in [6.45, 7) is 3.76. The third-order valence-electron chi connectivity index (χ3n) is 2.58. The molecule has 0 atom stereocenters. The third kappa shape index (κ3) is 4.17. The van der Waals surface area contributed by atoms with E-state index in [-0.39, 0.29) is 21.8 Å². The van der Waals surface area contributed by atoms with Crippen LogP contribution in [-0.2, 0) is 14.8 Å². The Hall–Kier alpha value is -1.29. The standard InChI is InChI=1S/C13H14ClN3O3S3/c1-4-7-17-12(18)9(8-16(2)3)21-13(17)15-23(19,20)11-6-5-10(14)22-11/h4-6,8H,1,7H2,2-3H3/b9-8+,15-13-. The van der Waals surface area contributed by atoms with Crippen LogP contribution in [0.1, 0.15) is 0 Å². The molecule has 0 N–H and O–H groups in total. The number of nitrogens with zero attached hydrogens (tertiary/aromatic N) is 3. The number of amidine groups is 1. The van der Waals surface area contributed by atoms with E-state index in [0.717, 1.165) is 23.1 Å². The summed E-state index contributed by atoms with van der Waals surface area (Å²) in [7, 11) is -0.365. The molecule has 2 heterocycles. The summed E-state index contributed by atoms with van der Waals surface area (Å²) in [5, 5.41) is 0.104. The quantitative estimate of drug-likeness (QED) is 0.570. The minimum absolute atomic E-state index is 0.0339. The molecule has 1 aliphatic heterocycles. The van der Waals surface area contributed by atoms with E-state index < -0.39 is 10.0 Å². The number of sulfonamides is 1. The van der Waals surface area contributed by atoms with Gasteiger partial charge < -0.3 is 4.90 Å². The first-order valence-electron chi connectivity index (χ1n) is 6.34. The number of rotatable bonds is 5. The Morgan fingerprint density at radius 1 is 1.43 bits per heavy atom. The highest BCUT2D eigenvalue weighted by molar-refractivity contribution is 8.19. The van der Waals surface area contributed by atoms with Crippen molar-refractivity contribution in [2.45, 2.75) is 4.21 Å². The van der Waals surface area contributed by atoms with Crippen molar-refractivity contribution < 1.29 is 13.2 Å². The third-order valence-corrected chi connectivity index (χ3v) is 6.65. The average molecular weight is 392 g/mol. The molecule has 1 aromatic rings. The maximum Gasteiger partial charge on any atom is 0.294 e. The van der Waals surface area contributed by atoms with Crippen molar-refractivity contribution in [2.24, 2.45) is 4.40 Å². The minimum Gasteiger partial charge on any atom is -0.382 e. The molecule has 0 aliphatic carbocycles. The topological polar surface area (TPSA) is 70.1 Å². The second-order valence-electron chi connectivity index (χ2n) is 4.67. The molecule has 1 fully saturated rings. The Morgan fingerprint density at radius 3 is 2.65 bits per heavy atom. The van der Waals surface area contributed by atoms with Gasteiger partial charge in [-0.25, -0.2) is 0 Å². The van der Waals surface area contributed by atoms with Crippen molar-refractivity contribution in [1.29, 1.82) is 0 Å². The van der Waals surface area contributed by atoms with E-state index in [1.807, 2.05) is 0 Å². The van der Waals surface area contributed by atoms with Crippen LogP contribution in [0.2, 0.25) is 4.34 Å². The van der Waals surface area contributed by atoms with E-state index in [2.05, 4.69) is 11.0 Å². The van der Waals surface area contributed by atoms with Crippen LogP contribution in [0.25, 0.3) is 0 Å². The van der Waals surface area contributed by atoms with Gasteiger partial charge in [-0.2, -0.15) is 8.42 Å². The fourth-order valence-corrected chi connectivity index (χ4v) is 5.39. The van der Waals surface area contributed by atoms with E-state index in [1.54, 1.807) is 25.2 Å². The molecular weight excluding hydrogens is 378 g/mol. The highest BCUT2D eigenvalue weighted by atomic mass is 35.5. The van der Waals surface area contributed by atoms with Gasteiger partial charge in [-0.3, -0.25) is 9.69 Å². The number of thiophene rings is 1. The number of hydrogen-bond acceptors (Lipinski definition) is 6. The largest absolute Gasteiger partial charge is 0.382 e. The molecule has 124 valence electrons. The van der Waals surface area contributed by atoms with Crippen LogP contribution >= 0.6 is 34.7 Å². The average Bonchev–Trinajstić information content (AvgIpc) is 2.98. The first-order chi connectivity index (χ1) is 10.7. The van der Waals surface area contributed by atoms with Crippen molar-refractivity contribution in [2.75, 3.05) is 20.6 Å². The summed E-state index contributed by atoms with van der Waals surface area (Å²) in [6, 6.07) is 2.88. The van der Waals surface area contributed by atoms with Crippen LogP contribution < -0.4 is 0 Å². The van der Waals surface area contributed by atoms with Crippen LogP contribution in [-0.4, -0.2) is 49.9 Å². The van der Waals surface area contributed by atoms with Gasteiger partial charge >= 0.3 is 0 Å². The molecule has 1 saturated heterocycles. The molecule has 1 aliphatic rings. The number of hydrogen-bond donors (Lipinski definition) is 0. The molecular formula is C13H14ClN3O3S3. The van der Waals surface area contributed by atoms with Gasteiger partial charge in [-0.1, -0.05) is 17.7 Å². The zero-order valence-electron chi connectivity index (χ0n) is 12.4. The number of carbonyl (C=O) groups excluding carboxylic acids is 1. The lowest BCUT2D eigenvalue weighted by Crippen LogP contribution is -2.30. The van der Waals surface area contributed by atoms with Gasteiger partial charge in [-0.15, -0.1) is 22.3 Å². The van der Waals surface area contributed by atoms with Crippen molar-refractivity contribution in [3.05, 3.63) is 40.2 Å². The summed E-state index contributed by atoms with van der Waals surface area (Å²) >= 11 is 7.71. The number of amides is 1. The lowest BCUT2D eigenvalue weighted by molar-refractivity contribution is -0.121. The van der Waals surface area contributed by atoms with Crippen LogP contribution in [0.4, 0.5) is 0 Å². The van der Waals surface area contributed by atoms with Gasteiger partial charge in [-0.05, 0) is 23.9 Å². The van der Waals surface area contributed by atoms with E-state index in [4.69, 9.17) is 11.6 Å². The van der Waals surface area contributed by atoms with E-state index in [9.17, 15) is 13.2 Å². The fraction of sp³-hybridized carbons (Fsp3) is 0.231. The van der Waals surface area contributed by atoms with Crippen molar-refractivity contribution >= 4 is 55.8 Å². The smallest absolute Gasteiger partial charge is 0.294 e. The van der Waals surface area contributed by atoms with E-state index >= 15 is 0 Å². The molecule has 0 spiro atoms. The van der Waals surface area contributed by atoms with Gasteiger partial charge in [0.1, 0.15) is 4.21 Å². The summed E-state index contributed by atoms with van der Waals surface area (Å²) in [4.78, 5) is 15.7. The SMILES string of the molecule is C=CCN1C(=O)/C(=C\N(C)C)S/C1=N\S(=O)(=O)c1ccc(Cl)s1. The molecule has 10 heteroatoms. The maximum atomic E-state index is 12.3. The van der Waals surface area contributed by atoms with Crippen molar-refractivity contribution in [1.82, 2.24) is 9.80 Å². The highest BCUT2D eigenvalue weighted by Crippen LogP contribution is 2.33. The van der Waals surface area contributed by atoms with Gasteiger partial charge in [0.2, 0.25) is 0 Å². The Morgan fingerprint density at radius 2 is 2.13 bits per heavy atom. The highest BCUT2D eigenvalue weighted by Gasteiger charge is 2.34. The van der Waals surface area contributed by atoms with Crippen molar-refractivity contribution in [3.63, 3.8) is 0 Å². The van der Waals surface area contributed by atoms with Gasteiger partial charge in [0.05, 0.1) is 9.24 Å². The Kier molecular flexibility index (Phi) is 5.56. The van der Waals surface area contributed by atoms with Crippen LogP contribution in [0.3, 0.4) is 0 Å². The predicted molar refractivity (Wildman–Crippen MR) is 95.2 cm³/mol. The van der Waals surface area contributed by atoms with Crippen LogP contribution in [0.5, 0.6) is 0 Å². The Labute approximate surface area is 148 Å². The first-order valence-corrected chi connectivity index (χ1v) is 9.79. The predicted octanol–water partition coefficient (Wildman–Crippen LogP) is 2.61. The Balaban J connectivity index is 2.43. The fourth-order valence-electron chi connectivity index (χ4n) is 1.68. The van der Waals surface area contributed by atoms with Crippen LogP contribution in [0, 0.1) is 0 Å². The monoisotopic (exact) mass is 391 g/mol. The second kappa shape index (κ2) is 7.08. The summed E-state index contributed by atoms with van der Waals surface area (Å²) in [5.41, 5.74) is 0. The molecule has 6 nitrogen and oxygen atoms in total. The summed E-state index contributed by atoms with van der Waals surface area (Å²) in [6.07, 6.45) is 3.14. The summed E-state index contributed by atoms with van der Waals surface area (Å²) < 4.78 is 28.9. The second-order valence-corrected chi connectivity index (χ2v) is 9.23. The van der Waals surface area contributed by atoms with Crippen molar-refractivity contribution in [3.8, 4) is 0 Å². The van der Waals surface area contributed by atoms with Gasteiger partial charge in [0, 0.05) is 26.8 Å². The van der Waals surface area contributed by atoms with E-state index in [1.165, 1.54) is 23.1 Å². The number of thioether (sulfide) groups is 1. The molecule has 0 aromatic carbocycles. The van der Waals surface area contributed by atoms with Gasteiger partial charge in [0.25, 0.3) is 15.9 Å². The minimum atomic E-state index is -3.92. The normalized spacial score (nSPS) is 18.9. The Bertz CT molecular complexity index is 796. The zero-order chi connectivity index (χ0) is 17.2. The summed E-state index contributed by atoms with van der Waals surface area (Å²) in [5.74, 6) is -0.304. The van der Waals surface area contributed by atoms with Gasteiger partial charge in [0.15, 0.2) is 5.17 Å². The lowest BCUT2D eigenvalue weighted by Gasteiger charge is -2.12. The molecule has 0 saturated carbocycles. The zero-order valence-corrected chi connectivity index (χ0v) is 15.6.